The van der Waals surface area contributed by atoms with Crippen LogP contribution in [0.1, 0.15) is 30.1 Å². The third-order valence-electron chi connectivity index (χ3n) is 3.01. The lowest BCUT2D eigenvalue weighted by Crippen LogP contribution is -2.38. The first-order valence-corrected chi connectivity index (χ1v) is 8.03. The minimum Gasteiger partial charge on any atom is -0.465 e. The van der Waals surface area contributed by atoms with E-state index in [9.17, 15) is 9.59 Å². The second kappa shape index (κ2) is 6.72. The van der Waals surface area contributed by atoms with Crippen molar-refractivity contribution in [1.82, 2.24) is 4.90 Å². The molecule has 1 amide bonds. The number of hydrogen-bond acceptors (Lipinski definition) is 3. The number of halogens is 2. The monoisotopic (exact) mass is 403 g/mol. The topological polar surface area (TPSA) is 46.6 Å². The zero-order chi connectivity index (χ0) is 14.7. The van der Waals surface area contributed by atoms with Gasteiger partial charge in [0.05, 0.1) is 12.2 Å². The molecule has 1 aromatic carbocycles. The molecule has 108 valence electrons. The number of esters is 1. The summed E-state index contributed by atoms with van der Waals surface area (Å²) in [5.41, 5.74) is 0.560. The number of carbonyl (C=O) groups is 2. The lowest BCUT2D eigenvalue weighted by Gasteiger charge is -2.22. The first-order chi connectivity index (χ1) is 9.52. The molecule has 0 atom stereocenters. The summed E-state index contributed by atoms with van der Waals surface area (Å²) in [5.74, 6) is -0.499. The summed E-state index contributed by atoms with van der Waals surface area (Å²) < 4.78 is 6.54. The molecule has 0 spiro atoms. The smallest absolute Gasteiger partial charge is 0.325 e. The van der Waals surface area contributed by atoms with Crippen LogP contribution in [0.15, 0.2) is 27.1 Å². The normalized spacial score (nSPS) is 13.9. The Bertz CT molecular complexity index is 529. The Kier molecular flexibility index (Phi) is 5.21. The van der Waals surface area contributed by atoms with Crippen LogP contribution in [-0.4, -0.2) is 36.0 Å². The van der Waals surface area contributed by atoms with E-state index in [1.54, 1.807) is 17.9 Å². The molecule has 6 heteroatoms. The number of nitrogens with zero attached hydrogens (tertiary/aromatic N) is 1. The van der Waals surface area contributed by atoms with E-state index in [1.807, 2.05) is 12.1 Å². The summed E-state index contributed by atoms with van der Waals surface area (Å²) in [6.45, 7) is 2.10. The van der Waals surface area contributed by atoms with Gasteiger partial charge in [-0.2, -0.15) is 0 Å². The fraction of sp³-hybridized carbons (Fsp3) is 0.429. The Balaban J connectivity index is 2.16. The molecule has 0 unspecified atom stereocenters. The first kappa shape index (κ1) is 15.5. The molecule has 0 N–H and O–H groups in total. The highest BCUT2D eigenvalue weighted by Crippen LogP contribution is 2.30. The second-order valence-corrected chi connectivity index (χ2v) is 6.36. The van der Waals surface area contributed by atoms with E-state index >= 15 is 0 Å². The first-order valence-electron chi connectivity index (χ1n) is 6.44. The molecule has 1 saturated carbocycles. The Hall–Kier alpha value is -0.880. The molecule has 0 bridgehead atoms. The zero-order valence-electron chi connectivity index (χ0n) is 11.1. The maximum atomic E-state index is 12.6. The number of rotatable bonds is 5. The number of ether oxygens (including phenoxy) is 1. The van der Waals surface area contributed by atoms with Gasteiger partial charge >= 0.3 is 5.97 Å². The maximum Gasteiger partial charge on any atom is 0.325 e. The maximum absolute atomic E-state index is 12.6. The molecular weight excluding hydrogens is 390 g/mol. The van der Waals surface area contributed by atoms with E-state index in [0.717, 1.165) is 17.3 Å². The summed E-state index contributed by atoms with van der Waals surface area (Å²) >= 11 is 6.74. The van der Waals surface area contributed by atoms with Crippen molar-refractivity contribution in [3.05, 3.63) is 32.7 Å². The second-order valence-electron chi connectivity index (χ2n) is 4.59. The number of amides is 1. The van der Waals surface area contributed by atoms with Gasteiger partial charge in [-0.25, -0.2) is 0 Å². The van der Waals surface area contributed by atoms with E-state index in [2.05, 4.69) is 31.9 Å². The van der Waals surface area contributed by atoms with Crippen LogP contribution in [0.2, 0.25) is 0 Å². The molecule has 1 aliphatic rings. The molecule has 0 aromatic heterocycles. The molecule has 20 heavy (non-hydrogen) atoms. The summed E-state index contributed by atoms with van der Waals surface area (Å²) in [5, 5.41) is 0. The van der Waals surface area contributed by atoms with Crippen LogP contribution < -0.4 is 0 Å². The predicted octanol–water partition coefficient (Wildman–Crippen LogP) is 3.38. The highest BCUT2D eigenvalue weighted by Gasteiger charge is 2.35. The fourth-order valence-electron chi connectivity index (χ4n) is 1.92. The fourth-order valence-corrected chi connectivity index (χ4v) is 3.13. The highest BCUT2D eigenvalue weighted by molar-refractivity contribution is 9.11. The van der Waals surface area contributed by atoms with Crippen LogP contribution in [0.5, 0.6) is 0 Å². The van der Waals surface area contributed by atoms with Crippen LogP contribution >= 0.6 is 31.9 Å². The van der Waals surface area contributed by atoms with Crippen LogP contribution in [0.3, 0.4) is 0 Å². The van der Waals surface area contributed by atoms with E-state index in [0.29, 0.717) is 16.6 Å². The molecule has 1 fully saturated rings. The van der Waals surface area contributed by atoms with E-state index in [4.69, 9.17) is 4.74 Å². The van der Waals surface area contributed by atoms with Gasteiger partial charge in [0.15, 0.2) is 0 Å². The van der Waals surface area contributed by atoms with Gasteiger partial charge in [-0.05, 0) is 53.9 Å². The van der Waals surface area contributed by atoms with Crippen LogP contribution in [0.4, 0.5) is 0 Å². The minimum atomic E-state index is -0.360. The Labute approximate surface area is 134 Å². The quantitative estimate of drug-likeness (QED) is 0.706. The van der Waals surface area contributed by atoms with E-state index < -0.39 is 0 Å². The lowest BCUT2D eigenvalue weighted by atomic mass is 10.2. The van der Waals surface area contributed by atoms with Gasteiger partial charge in [0.1, 0.15) is 6.54 Å². The van der Waals surface area contributed by atoms with Gasteiger partial charge in [0.2, 0.25) is 0 Å². The number of hydrogen-bond donors (Lipinski definition) is 0. The van der Waals surface area contributed by atoms with Crippen molar-refractivity contribution < 1.29 is 14.3 Å². The molecule has 0 radical (unpaired) electrons. The lowest BCUT2D eigenvalue weighted by molar-refractivity contribution is -0.144. The molecule has 4 nitrogen and oxygen atoms in total. The van der Waals surface area contributed by atoms with Gasteiger partial charge in [-0.3, -0.25) is 9.59 Å². The molecule has 1 aliphatic carbocycles. The van der Waals surface area contributed by atoms with Crippen molar-refractivity contribution in [1.29, 1.82) is 0 Å². The summed E-state index contributed by atoms with van der Waals surface area (Å²) in [4.78, 5) is 25.8. The number of carbonyl (C=O) groups excluding carboxylic acids is 2. The van der Waals surface area contributed by atoms with Crippen LogP contribution in [0, 0.1) is 0 Å². The van der Waals surface area contributed by atoms with Gasteiger partial charge in [0.25, 0.3) is 5.91 Å². The highest BCUT2D eigenvalue weighted by atomic mass is 79.9. The largest absolute Gasteiger partial charge is 0.465 e. The number of benzene rings is 1. The van der Waals surface area contributed by atoms with Crippen molar-refractivity contribution in [2.45, 2.75) is 25.8 Å². The van der Waals surface area contributed by atoms with Crippen molar-refractivity contribution in [3.63, 3.8) is 0 Å². The summed E-state index contributed by atoms with van der Waals surface area (Å²) in [6, 6.07) is 5.54. The Morgan fingerprint density at radius 1 is 1.35 bits per heavy atom. The summed E-state index contributed by atoms with van der Waals surface area (Å²) in [6.07, 6.45) is 1.89. The third-order valence-corrected chi connectivity index (χ3v) is 4.16. The van der Waals surface area contributed by atoms with Gasteiger partial charge in [0, 0.05) is 15.0 Å². The van der Waals surface area contributed by atoms with E-state index in [1.165, 1.54) is 0 Å². The Morgan fingerprint density at radius 3 is 2.60 bits per heavy atom. The average Bonchev–Trinajstić information content (AvgIpc) is 3.20. The van der Waals surface area contributed by atoms with Gasteiger partial charge < -0.3 is 9.64 Å². The average molecular weight is 405 g/mol. The zero-order valence-corrected chi connectivity index (χ0v) is 14.2. The van der Waals surface area contributed by atoms with Gasteiger partial charge in [-0.1, -0.05) is 15.9 Å². The van der Waals surface area contributed by atoms with Crippen molar-refractivity contribution in [3.8, 4) is 0 Å². The minimum absolute atomic E-state index is 0.0137. The van der Waals surface area contributed by atoms with E-state index in [-0.39, 0.29) is 24.5 Å². The molecule has 0 saturated heterocycles. The summed E-state index contributed by atoms with van der Waals surface area (Å²) in [7, 11) is 0. The van der Waals surface area contributed by atoms with Crippen molar-refractivity contribution >= 4 is 43.7 Å². The van der Waals surface area contributed by atoms with Crippen molar-refractivity contribution in [2.24, 2.45) is 0 Å². The third kappa shape index (κ3) is 3.82. The molecule has 0 heterocycles. The molecular formula is C14H15Br2NO3. The van der Waals surface area contributed by atoms with Crippen molar-refractivity contribution in [2.75, 3.05) is 13.2 Å². The SMILES string of the molecule is CCOC(=O)CN(C(=O)c1ccc(Br)cc1Br)C1CC1. The van der Waals surface area contributed by atoms with Gasteiger partial charge in [-0.15, -0.1) is 0 Å². The predicted molar refractivity (Wildman–Crippen MR) is 82.5 cm³/mol. The molecule has 0 aliphatic heterocycles. The standard InChI is InChI=1S/C14H15Br2NO3/c1-2-20-13(18)8-17(10-4-5-10)14(19)11-6-3-9(15)7-12(11)16/h3,6-7,10H,2,4-5,8H2,1H3. The molecule has 1 aromatic rings. The molecule has 2 rings (SSSR count). The Morgan fingerprint density at radius 2 is 2.05 bits per heavy atom. The van der Waals surface area contributed by atoms with Crippen LogP contribution in [-0.2, 0) is 9.53 Å². The van der Waals surface area contributed by atoms with Crippen LogP contribution in [0.25, 0.3) is 0 Å².